The fraction of sp³-hybridized carbons (Fsp3) is 0.375. The van der Waals surface area contributed by atoms with Crippen molar-refractivity contribution in [2.45, 2.75) is 32.1 Å². The zero-order chi connectivity index (χ0) is 14.8. The smallest absolute Gasteiger partial charge is 0.254 e. The van der Waals surface area contributed by atoms with E-state index < -0.39 is 0 Å². The predicted octanol–water partition coefficient (Wildman–Crippen LogP) is 3.37. The van der Waals surface area contributed by atoms with Crippen LogP contribution in [-0.2, 0) is 12.8 Å². The number of nitrogens with one attached hydrogen (secondary N) is 1. The topological polar surface area (TPSA) is 55.0 Å². The fourth-order valence-corrected chi connectivity index (χ4v) is 2.99. The van der Waals surface area contributed by atoms with Gasteiger partial charge in [0.2, 0.25) is 0 Å². The van der Waals surface area contributed by atoms with Crippen LogP contribution in [-0.4, -0.2) is 17.1 Å². The molecule has 1 aliphatic rings. The Bertz CT molecular complexity index is 725. The maximum Gasteiger partial charge on any atom is 0.254 e. The molecule has 0 saturated heterocycles. The average Bonchev–Trinajstić information content (AvgIpc) is 2.72. The highest BCUT2D eigenvalue weighted by Gasteiger charge is 2.15. The van der Waals surface area contributed by atoms with Crippen LogP contribution in [0.5, 0.6) is 5.75 Å². The molecule has 4 nitrogen and oxygen atoms in total. The minimum atomic E-state index is -0.0242. The molecule has 0 fully saturated rings. The van der Waals surface area contributed by atoms with Crippen molar-refractivity contribution in [2.24, 2.45) is 0 Å². The molecule has 1 aromatic carbocycles. The summed E-state index contributed by atoms with van der Waals surface area (Å²) in [5.41, 5.74) is 2.54. The Labute approximate surface area is 128 Å². The van der Waals surface area contributed by atoms with Gasteiger partial charge in [-0.25, -0.2) is 4.98 Å². The number of nitrogens with zero attached hydrogens (tertiary/aromatic N) is 1. The lowest BCUT2D eigenvalue weighted by Crippen LogP contribution is -2.18. The quantitative estimate of drug-likeness (QED) is 0.866. The SMILES string of the molecule is COc1ccc(-c2nc3c(c(=O)[nH]2)CCCCC3)cc1Cl. The molecule has 110 valence electrons. The summed E-state index contributed by atoms with van der Waals surface area (Å²) in [5, 5.41) is 0.507. The zero-order valence-electron chi connectivity index (χ0n) is 11.9. The number of ether oxygens (including phenoxy) is 1. The third kappa shape index (κ3) is 2.81. The van der Waals surface area contributed by atoms with Crippen LogP contribution in [0.2, 0.25) is 5.02 Å². The fourth-order valence-electron chi connectivity index (χ4n) is 2.73. The molecule has 0 unspecified atom stereocenters. The predicted molar refractivity (Wildman–Crippen MR) is 83.1 cm³/mol. The molecule has 1 N–H and O–H groups in total. The van der Waals surface area contributed by atoms with Gasteiger partial charge in [0.25, 0.3) is 5.56 Å². The minimum Gasteiger partial charge on any atom is -0.495 e. The van der Waals surface area contributed by atoms with Crippen molar-refractivity contribution in [2.75, 3.05) is 7.11 Å². The number of hydrogen-bond donors (Lipinski definition) is 1. The molecule has 0 saturated carbocycles. The van der Waals surface area contributed by atoms with Crippen LogP contribution in [0.15, 0.2) is 23.0 Å². The van der Waals surface area contributed by atoms with Gasteiger partial charge in [0, 0.05) is 11.1 Å². The molecule has 3 rings (SSSR count). The Morgan fingerprint density at radius 2 is 2.05 bits per heavy atom. The molecule has 0 aliphatic heterocycles. The highest BCUT2D eigenvalue weighted by molar-refractivity contribution is 6.32. The Hall–Kier alpha value is -1.81. The molecule has 0 spiro atoms. The summed E-state index contributed by atoms with van der Waals surface area (Å²) < 4.78 is 5.14. The summed E-state index contributed by atoms with van der Waals surface area (Å²) in [7, 11) is 1.57. The highest BCUT2D eigenvalue weighted by atomic mass is 35.5. The number of fused-ring (bicyclic) bond motifs is 1. The zero-order valence-corrected chi connectivity index (χ0v) is 12.7. The summed E-state index contributed by atoms with van der Waals surface area (Å²) in [6, 6.07) is 5.40. The third-order valence-electron chi connectivity index (χ3n) is 3.87. The molecule has 21 heavy (non-hydrogen) atoms. The van der Waals surface area contributed by atoms with Crippen molar-refractivity contribution in [3.63, 3.8) is 0 Å². The lowest BCUT2D eigenvalue weighted by molar-refractivity contribution is 0.415. The van der Waals surface area contributed by atoms with Gasteiger partial charge in [0.05, 0.1) is 17.8 Å². The van der Waals surface area contributed by atoms with Crippen molar-refractivity contribution in [1.29, 1.82) is 0 Å². The maximum atomic E-state index is 12.3. The molecule has 0 bridgehead atoms. The van der Waals surface area contributed by atoms with E-state index in [4.69, 9.17) is 16.3 Å². The second-order valence-corrected chi connectivity index (χ2v) is 5.66. The highest BCUT2D eigenvalue weighted by Crippen LogP contribution is 2.29. The van der Waals surface area contributed by atoms with E-state index in [1.807, 2.05) is 6.07 Å². The summed E-state index contributed by atoms with van der Waals surface area (Å²) in [6.45, 7) is 0. The van der Waals surface area contributed by atoms with E-state index in [1.165, 1.54) is 0 Å². The lowest BCUT2D eigenvalue weighted by Gasteiger charge is -2.09. The second-order valence-electron chi connectivity index (χ2n) is 5.25. The normalized spacial score (nSPS) is 14.4. The molecule has 0 atom stereocenters. The average molecular weight is 305 g/mol. The Morgan fingerprint density at radius 3 is 2.81 bits per heavy atom. The first-order valence-corrected chi connectivity index (χ1v) is 7.53. The van der Waals surface area contributed by atoms with Gasteiger partial charge in [-0.05, 0) is 43.9 Å². The van der Waals surface area contributed by atoms with Gasteiger partial charge in [0.1, 0.15) is 11.6 Å². The summed E-state index contributed by atoms with van der Waals surface area (Å²) in [4.78, 5) is 19.8. The molecule has 1 heterocycles. The summed E-state index contributed by atoms with van der Waals surface area (Å²) in [5.74, 6) is 1.18. The molecule has 1 aliphatic carbocycles. The number of aromatic nitrogens is 2. The van der Waals surface area contributed by atoms with E-state index in [-0.39, 0.29) is 5.56 Å². The first-order chi connectivity index (χ1) is 10.2. The molecular weight excluding hydrogens is 288 g/mol. The monoisotopic (exact) mass is 304 g/mol. The van der Waals surface area contributed by atoms with Crippen molar-refractivity contribution in [3.8, 4) is 17.1 Å². The molecule has 0 amide bonds. The Morgan fingerprint density at radius 1 is 1.24 bits per heavy atom. The van der Waals surface area contributed by atoms with Crippen molar-refractivity contribution >= 4 is 11.6 Å². The van der Waals surface area contributed by atoms with Gasteiger partial charge >= 0.3 is 0 Å². The van der Waals surface area contributed by atoms with E-state index >= 15 is 0 Å². The van der Waals surface area contributed by atoms with Crippen LogP contribution < -0.4 is 10.3 Å². The maximum absolute atomic E-state index is 12.3. The van der Waals surface area contributed by atoms with Gasteiger partial charge in [-0.15, -0.1) is 0 Å². The van der Waals surface area contributed by atoms with Gasteiger partial charge in [-0.1, -0.05) is 18.0 Å². The minimum absolute atomic E-state index is 0.0242. The molecular formula is C16H17ClN2O2. The van der Waals surface area contributed by atoms with Gasteiger partial charge in [0.15, 0.2) is 0 Å². The van der Waals surface area contributed by atoms with Crippen LogP contribution in [0, 0.1) is 0 Å². The molecule has 5 heteroatoms. The Balaban J connectivity index is 2.07. The number of methoxy groups -OCH3 is 1. The van der Waals surface area contributed by atoms with Crippen LogP contribution >= 0.6 is 11.6 Å². The standard InChI is InChI=1S/C16H17ClN2O2/c1-21-14-8-7-10(9-12(14)17)15-18-13-6-4-2-3-5-11(13)16(20)19-15/h7-9H,2-6H2,1H3,(H,18,19,20). The third-order valence-corrected chi connectivity index (χ3v) is 4.16. The number of rotatable bonds is 2. The molecule has 1 aromatic heterocycles. The number of halogens is 1. The number of hydrogen-bond acceptors (Lipinski definition) is 3. The first kappa shape index (κ1) is 14.1. The molecule has 2 aromatic rings. The van der Waals surface area contributed by atoms with E-state index in [0.29, 0.717) is 16.6 Å². The van der Waals surface area contributed by atoms with Crippen LogP contribution in [0.25, 0.3) is 11.4 Å². The van der Waals surface area contributed by atoms with E-state index in [9.17, 15) is 4.79 Å². The number of H-pyrrole nitrogens is 1. The van der Waals surface area contributed by atoms with E-state index in [1.54, 1.807) is 19.2 Å². The van der Waals surface area contributed by atoms with Crippen LogP contribution in [0.4, 0.5) is 0 Å². The number of aromatic amines is 1. The summed E-state index contributed by atoms with van der Waals surface area (Å²) >= 11 is 6.14. The summed E-state index contributed by atoms with van der Waals surface area (Å²) in [6.07, 6.45) is 4.99. The second kappa shape index (κ2) is 5.90. The number of benzene rings is 1. The van der Waals surface area contributed by atoms with E-state index in [0.717, 1.165) is 48.9 Å². The van der Waals surface area contributed by atoms with Crippen molar-refractivity contribution < 1.29 is 4.74 Å². The van der Waals surface area contributed by atoms with Gasteiger partial charge in [-0.2, -0.15) is 0 Å². The lowest BCUT2D eigenvalue weighted by atomic mass is 10.1. The Kier molecular flexibility index (Phi) is 3.97. The number of aryl methyl sites for hydroxylation is 1. The largest absolute Gasteiger partial charge is 0.495 e. The molecule has 0 radical (unpaired) electrons. The first-order valence-electron chi connectivity index (χ1n) is 7.15. The van der Waals surface area contributed by atoms with Crippen molar-refractivity contribution in [1.82, 2.24) is 9.97 Å². The van der Waals surface area contributed by atoms with Crippen LogP contribution in [0.1, 0.15) is 30.5 Å². The van der Waals surface area contributed by atoms with Crippen LogP contribution in [0.3, 0.4) is 0 Å². The van der Waals surface area contributed by atoms with Gasteiger partial charge < -0.3 is 9.72 Å². The van der Waals surface area contributed by atoms with E-state index in [2.05, 4.69) is 9.97 Å². The van der Waals surface area contributed by atoms with Gasteiger partial charge in [-0.3, -0.25) is 4.79 Å². The van der Waals surface area contributed by atoms with Crippen molar-refractivity contribution in [3.05, 3.63) is 44.8 Å².